The van der Waals surface area contributed by atoms with Gasteiger partial charge >= 0.3 is 0 Å². The number of nitrogens with one attached hydrogen (secondary N) is 1. The fourth-order valence-electron chi connectivity index (χ4n) is 2.46. The molecule has 1 aliphatic rings. The van der Waals surface area contributed by atoms with Gasteiger partial charge in [-0.3, -0.25) is 0 Å². The second kappa shape index (κ2) is 7.11. The number of hydrogen-bond donors (Lipinski definition) is 1. The third kappa shape index (κ3) is 3.54. The van der Waals surface area contributed by atoms with Crippen LogP contribution in [-0.4, -0.2) is 36.2 Å². The van der Waals surface area contributed by atoms with E-state index in [0.29, 0.717) is 10.5 Å². The van der Waals surface area contributed by atoms with Crippen LogP contribution >= 0.6 is 35.1 Å². The Kier molecular flexibility index (Phi) is 5.75. The lowest BCUT2D eigenvalue weighted by Gasteiger charge is -2.35. The molecular formula is C14H20ClNOS2. The first kappa shape index (κ1) is 15.4. The molecule has 1 saturated heterocycles. The lowest BCUT2D eigenvalue weighted by Crippen LogP contribution is -2.36. The van der Waals surface area contributed by atoms with Crippen LogP contribution in [0.5, 0.6) is 5.75 Å². The molecule has 2 nitrogen and oxygen atoms in total. The normalized spacial score (nSPS) is 25.1. The molecular weight excluding hydrogens is 298 g/mol. The third-order valence-electron chi connectivity index (χ3n) is 3.40. The fourth-order valence-corrected chi connectivity index (χ4v) is 5.62. The number of hydrogen-bond acceptors (Lipinski definition) is 4. The molecule has 1 aliphatic heterocycles. The van der Waals surface area contributed by atoms with Gasteiger partial charge < -0.3 is 10.1 Å². The fraction of sp³-hybridized carbons (Fsp3) is 0.571. The van der Waals surface area contributed by atoms with Crippen LogP contribution in [0.15, 0.2) is 18.2 Å². The highest BCUT2D eigenvalue weighted by atomic mass is 35.5. The molecule has 19 heavy (non-hydrogen) atoms. The Bertz CT molecular complexity index is 430. The first-order chi connectivity index (χ1) is 9.17. The van der Waals surface area contributed by atoms with Crippen molar-refractivity contribution in [3.8, 4) is 5.75 Å². The van der Waals surface area contributed by atoms with Crippen molar-refractivity contribution in [1.29, 1.82) is 0 Å². The second-order valence-corrected chi connectivity index (χ2v) is 7.77. The Morgan fingerprint density at radius 1 is 1.37 bits per heavy atom. The number of benzene rings is 1. The minimum Gasteiger partial charge on any atom is -0.496 e. The van der Waals surface area contributed by atoms with Gasteiger partial charge in [-0.15, -0.1) is 0 Å². The van der Waals surface area contributed by atoms with E-state index in [4.69, 9.17) is 16.3 Å². The van der Waals surface area contributed by atoms with Crippen molar-refractivity contribution in [2.45, 2.75) is 23.5 Å². The van der Waals surface area contributed by atoms with Crippen LogP contribution in [0.4, 0.5) is 0 Å². The zero-order chi connectivity index (χ0) is 13.8. The number of halogens is 1. The van der Waals surface area contributed by atoms with Crippen molar-refractivity contribution < 1.29 is 4.74 Å². The molecule has 1 N–H and O–H groups in total. The van der Waals surface area contributed by atoms with Crippen molar-refractivity contribution in [2.24, 2.45) is 0 Å². The van der Waals surface area contributed by atoms with E-state index in [1.807, 2.05) is 48.8 Å². The predicted octanol–water partition coefficient (Wildman–Crippen LogP) is 3.85. The van der Waals surface area contributed by atoms with Gasteiger partial charge in [0.25, 0.3) is 0 Å². The van der Waals surface area contributed by atoms with Crippen LogP contribution < -0.4 is 10.1 Å². The highest BCUT2D eigenvalue weighted by molar-refractivity contribution is 8.07. The summed E-state index contributed by atoms with van der Waals surface area (Å²) in [6.07, 6.45) is 0. The maximum Gasteiger partial charge on any atom is 0.123 e. The molecule has 0 bridgehead atoms. The van der Waals surface area contributed by atoms with Crippen LogP contribution in [0.25, 0.3) is 0 Å². The Balaban J connectivity index is 2.32. The third-order valence-corrected chi connectivity index (χ3v) is 6.83. The summed E-state index contributed by atoms with van der Waals surface area (Å²) >= 11 is 10.2. The lowest BCUT2D eigenvalue weighted by atomic mass is 10.0. The summed E-state index contributed by atoms with van der Waals surface area (Å²) in [5.74, 6) is 3.36. The summed E-state index contributed by atoms with van der Waals surface area (Å²) in [6.45, 7) is 2.31. The van der Waals surface area contributed by atoms with Crippen LogP contribution in [-0.2, 0) is 0 Å². The van der Waals surface area contributed by atoms with Gasteiger partial charge in [0.1, 0.15) is 5.75 Å². The van der Waals surface area contributed by atoms with Crippen LogP contribution in [0.1, 0.15) is 18.5 Å². The molecule has 1 fully saturated rings. The van der Waals surface area contributed by atoms with Crippen LogP contribution in [0.3, 0.4) is 0 Å². The van der Waals surface area contributed by atoms with E-state index in [1.165, 1.54) is 11.5 Å². The monoisotopic (exact) mass is 317 g/mol. The molecule has 0 saturated carbocycles. The Labute approximate surface area is 129 Å². The minimum absolute atomic E-state index is 0.265. The van der Waals surface area contributed by atoms with E-state index in [9.17, 15) is 0 Å². The average molecular weight is 318 g/mol. The largest absolute Gasteiger partial charge is 0.496 e. The van der Waals surface area contributed by atoms with Crippen molar-refractivity contribution >= 4 is 35.1 Å². The first-order valence-electron chi connectivity index (χ1n) is 6.41. The predicted molar refractivity (Wildman–Crippen MR) is 88.0 cm³/mol. The number of ether oxygens (including phenoxy) is 1. The van der Waals surface area contributed by atoms with Gasteiger partial charge in [0.05, 0.1) is 7.11 Å². The molecule has 3 atom stereocenters. The lowest BCUT2D eigenvalue weighted by molar-refractivity contribution is 0.400. The molecule has 1 heterocycles. The second-order valence-electron chi connectivity index (χ2n) is 4.56. The van der Waals surface area contributed by atoms with E-state index in [1.54, 1.807) is 7.11 Å². The average Bonchev–Trinajstić information content (AvgIpc) is 2.42. The maximum absolute atomic E-state index is 6.15. The quantitative estimate of drug-likeness (QED) is 0.910. The molecule has 106 valence electrons. The van der Waals surface area contributed by atoms with E-state index >= 15 is 0 Å². The van der Waals surface area contributed by atoms with Gasteiger partial charge in [-0.2, -0.15) is 23.5 Å². The summed E-state index contributed by atoms with van der Waals surface area (Å²) in [7, 11) is 3.73. The SMILES string of the molecule is CNC(c1cc(Cl)ccc1OC)C1SCCSC1C. The molecule has 0 spiro atoms. The van der Waals surface area contributed by atoms with Crippen molar-refractivity contribution in [1.82, 2.24) is 5.32 Å². The highest BCUT2D eigenvalue weighted by Crippen LogP contribution is 2.41. The van der Waals surface area contributed by atoms with Crippen LogP contribution in [0, 0.1) is 0 Å². The molecule has 0 aromatic heterocycles. The molecule has 1 aromatic rings. The molecule has 0 aliphatic carbocycles. The van der Waals surface area contributed by atoms with Gasteiger partial charge in [0.2, 0.25) is 0 Å². The summed E-state index contributed by atoms with van der Waals surface area (Å²) in [5, 5.41) is 5.37. The van der Waals surface area contributed by atoms with Gasteiger partial charge in [-0.1, -0.05) is 18.5 Å². The van der Waals surface area contributed by atoms with Gasteiger partial charge in [-0.05, 0) is 25.2 Å². The Hall–Kier alpha value is -0.0300. The zero-order valence-corrected chi connectivity index (χ0v) is 13.9. The Morgan fingerprint density at radius 2 is 2.11 bits per heavy atom. The van der Waals surface area contributed by atoms with E-state index in [-0.39, 0.29) is 6.04 Å². The Morgan fingerprint density at radius 3 is 2.74 bits per heavy atom. The molecule has 1 aromatic carbocycles. The molecule has 0 radical (unpaired) electrons. The summed E-state index contributed by atoms with van der Waals surface area (Å²) < 4.78 is 5.49. The van der Waals surface area contributed by atoms with Gasteiger partial charge in [-0.25, -0.2) is 0 Å². The van der Waals surface area contributed by atoms with Crippen molar-refractivity contribution in [3.05, 3.63) is 28.8 Å². The summed E-state index contributed by atoms with van der Waals surface area (Å²) in [5.41, 5.74) is 1.16. The van der Waals surface area contributed by atoms with E-state index in [0.717, 1.165) is 16.3 Å². The van der Waals surface area contributed by atoms with Gasteiger partial charge in [0, 0.05) is 38.6 Å². The summed E-state index contributed by atoms with van der Waals surface area (Å²) in [4.78, 5) is 0. The van der Waals surface area contributed by atoms with Crippen molar-refractivity contribution in [3.63, 3.8) is 0 Å². The van der Waals surface area contributed by atoms with Crippen LogP contribution in [0.2, 0.25) is 5.02 Å². The van der Waals surface area contributed by atoms with Gasteiger partial charge in [0.15, 0.2) is 0 Å². The number of methoxy groups -OCH3 is 1. The summed E-state index contributed by atoms with van der Waals surface area (Å²) in [6, 6.07) is 6.12. The molecule has 0 amide bonds. The molecule has 3 unspecified atom stereocenters. The van der Waals surface area contributed by atoms with E-state index < -0.39 is 0 Å². The molecule has 2 rings (SSSR count). The number of rotatable bonds is 4. The highest BCUT2D eigenvalue weighted by Gasteiger charge is 2.32. The standard InChI is InChI=1S/C14H20ClNOS2/c1-9-14(19-7-6-18-9)13(16-2)11-8-10(15)4-5-12(11)17-3/h4-5,8-9,13-14,16H,6-7H2,1-3H3. The first-order valence-corrected chi connectivity index (χ1v) is 8.88. The maximum atomic E-state index is 6.15. The van der Waals surface area contributed by atoms with E-state index in [2.05, 4.69) is 12.2 Å². The van der Waals surface area contributed by atoms with Crippen molar-refractivity contribution in [2.75, 3.05) is 25.7 Å². The number of thioether (sulfide) groups is 2. The zero-order valence-electron chi connectivity index (χ0n) is 11.5. The minimum atomic E-state index is 0.265. The molecule has 5 heteroatoms. The topological polar surface area (TPSA) is 21.3 Å². The smallest absolute Gasteiger partial charge is 0.123 e.